The highest BCUT2D eigenvalue weighted by Gasteiger charge is 2.47. The van der Waals surface area contributed by atoms with Gasteiger partial charge in [-0.2, -0.15) is 0 Å². The predicted molar refractivity (Wildman–Crippen MR) is 131 cm³/mol. The molecule has 0 aliphatic carbocycles. The van der Waals surface area contributed by atoms with Crippen LogP contribution in [0.2, 0.25) is 0 Å². The average Bonchev–Trinajstić information content (AvgIpc) is 3.08. The molecule has 0 aromatic heterocycles. The zero-order valence-corrected chi connectivity index (χ0v) is 20.6. The molecule has 36 heavy (non-hydrogen) atoms. The molecule has 2 rings (SSSR count). The smallest absolute Gasteiger partial charge is 0.307 e. The summed E-state index contributed by atoms with van der Waals surface area (Å²) in [7, 11) is 0. The molecule has 6 N–H and O–H groups in total. The standard InChI is InChI=1S/C26H38N2O8/c27-28-24(33)18-9-8-14-36-26(17-18,20-10-5-3-6-11-20)21(12-4-1-2-7-13-22(29)30)15-19(25(34)35)16-23(31)32/h3,5-6,10-11,18-19,21H,1-2,4,7-9,12-17,27H2,(H,28,33)(H,29,30)(H,31,32)(H,34,35). The van der Waals surface area contributed by atoms with Gasteiger partial charge >= 0.3 is 17.9 Å². The summed E-state index contributed by atoms with van der Waals surface area (Å²) in [6.07, 6.45) is 4.40. The van der Waals surface area contributed by atoms with Crippen molar-refractivity contribution < 1.29 is 39.2 Å². The van der Waals surface area contributed by atoms with Crippen LogP contribution in [0, 0.1) is 17.8 Å². The number of amides is 1. The maximum Gasteiger partial charge on any atom is 0.307 e. The van der Waals surface area contributed by atoms with E-state index in [4.69, 9.17) is 15.7 Å². The lowest BCUT2D eigenvalue weighted by Gasteiger charge is -2.43. The number of carboxylic acid groups (broad SMARTS) is 3. The fourth-order valence-corrected chi connectivity index (χ4v) is 5.28. The van der Waals surface area contributed by atoms with Crippen molar-refractivity contribution in [3.05, 3.63) is 35.9 Å². The molecular formula is C26H38N2O8. The van der Waals surface area contributed by atoms with Gasteiger partial charge in [-0.1, -0.05) is 49.6 Å². The van der Waals surface area contributed by atoms with Crippen molar-refractivity contribution >= 4 is 23.8 Å². The minimum absolute atomic E-state index is 0.0720. The fourth-order valence-electron chi connectivity index (χ4n) is 5.28. The number of carbonyl (C=O) groups excluding carboxylic acids is 1. The normalized spacial score (nSPS) is 21.6. The van der Waals surface area contributed by atoms with Crippen molar-refractivity contribution in [3.8, 4) is 0 Å². The molecule has 1 amide bonds. The second kappa shape index (κ2) is 14.5. The van der Waals surface area contributed by atoms with Crippen molar-refractivity contribution in [2.45, 2.75) is 76.2 Å². The third kappa shape index (κ3) is 8.60. The molecule has 4 unspecified atom stereocenters. The topological polar surface area (TPSA) is 176 Å². The third-order valence-corrected chi connectivity index (χ3v) is 7.07. The molecule has 4 atom stereocenters. The molecule has 1 fully saturated rings. The first-order valence-corrected chi connectivity index (χ1v) is 12.6. The summed E-state index contributed by atoms with van der Waals surface area (Å²) < 4.78 is 6.52. The van der Waals surface area contributed by atoms with Crippen LogP contribution in [0.4, 0.5) is 0 Å². The lowest BCUT2D eigenvalue weighted by molar-refractivity contribution is -0.152. The van der Waals surface area contributed by atoms with Gasteiger partial charge in [-0.15, -0.1) is 0 Å². The van der Waals surface area contributed by atoms with Crippen LogP contribution in [0.5, 0.6) is 0 Å². The van der Waals surface area contributed by atoms with Crippen LogP contribution in [0.1, 0.15) is 76.2 Å². The van der Waals surface area contributed by atoms with E-state index >= 15 is 0 Å². The quantitative estimate of drug-likeness (QED) is 0.103. The Labute approximate surface area is 211 Å². The number of hydrazine groups is 1. The van der Waals surface area contributed by atoms with Gasteiger partial charge in [-0.25, -0.2) is 5.84 Å². The summed E-state index contributed by atoms with van der Waals surface area (Å²) in [6, 6.07) is 9.38. The van der Waals surface area contributed by atoms with E-state index in [1.807, 2.05) is 30.3 Å². The number of carboxylic acids is 3. The Hall–Kier alpha value is -2.98. The summed E-state index contributed by atoms with van der Waals surface area (Å²) in [4.78, 5) is 46.9. The zero-order valence-electron chi connectivity index (χ0n) is 20.6. The lowest BCUT2D eigenvalue weighted by Crippen LogP contribution is -2.44. The fraction of sp³-hybridized carbons (Fsp3) is 0.615. The first-order chi connectivity index (χ1) is 17.2. The minimum Gasteiger partial charge on any atom is -0.481 e. The van der Waals surface area contributed by atoms with Crippen LogP contribution in [0.3, 0.4) is 0 Å². The van der Waals surface area contributed by atoms with Gasteiger partial charge in [-0.05, 0) is 50.0 Å². The second-order valence-electron chi connectivity index (χ2n) is 9.57. The molecule has 1 heterocycles. The highest BCUT2D eigenvalue weighted by atomic mass is 16.5. The van der Waals surface area contributed by atoms with Crippen molar-refractivity contribution in [1.82, 2.24) is 5.43 Å². The monoisotopic (exact) mass is 506 g/mol. The van der Waals surface area contributed by atoms with Gasteiger partial charge in [0.2, 0.25) is 5.91 Å². The minimum atomic E-state index is -1.19. The maximum atomic E-state index is 12.6. The number of nitrogens with two attached hydrogens (primary N) is 1. The van der Waals surface area contributed by atoms with E-state index in [-0.39, 0.29) is 24.7 Å². The van der Waals surface area contributed by atoms with Crippen LogP contribution < -0.4 is 11.3 Å². The number of aliphatic carboxylic acids is 3. The molecule has 200 valence electrons. The average molecular weight is 507 g/mol. The molecule has 0 spiro atoms. The Bertz CT molecular complexity index is 878. The first kappa shape index (κ1) is 29.3. The number of hydrogen-bond acceptors (Lipinski definition) is 6. The van der Waals surface area contributed by atoms with E-state index in [1.54, 1.807) is 0 Å². The van der Waals surface area contributed by atoms with Crippen molar-refractivity contribution in [2.75, 3.05) is 6.61 Å². The number of carbonyl (C=O) groups is 4. The molecule has 0 bridgehead atoms. The largest absolute Gasteiger partial charge is 0.481 e. The zero-order chi connectivity index (χ0) is 26.6. The van der Waals surface area contributed by atoms with Gasteiger partial charge in [-0.3, -0.25) is 24.6 Å². The van der Waals surface area contributed by atoms with Gasteiger partial charge in [0.05, 0.1) is 17.9 Å². The first-order valence-electron chi connectivity index (χ1n) is 12.6. The molecule has 1 aliphatic rings. The van der Waals surface area contributed by atoms with Crippen LogP contribution >= 0.6 is 0 Å². The van der Waals surface area contributed by atoms with E-state index in [9.17, 15) is 29.4 Å². The summed E-state index contributed by atoms with van der Waals surface area (Å²) >= 11 is 0. The third-order valence-electron chi connectivity index (χ3n) is 7.07. The molecule has 1 saturated heterocycles. The predicted octanol–water partition coefficient (Wildman–Crippen LogP) is 3.30. The van der Waals surface area contributed by atoms with Crippen LogP contribution in [-0.4, -0.2) is 45.7 Å². The summed E-state index contributed by atoms with van der Waals surface area (Å²) in [6.45, 7) is 0.370. The van der Waals surface area contributed by atoms with Gasteiger partial charge in [0, 0.05) is 18.9 Å². The van der Waals surface area contributed by atoms with Crippen LogP contribution in [-0.2, 0) is 29.5 Å². The Kier molecular flexibility index (Phi) is 11.8. The van der Waals surface area contributed by atoms with Gasteiger partial charge in [0.25, 0.3) is 0 Å². The maximum absolute atomic E-state index is 12.6. The van der Waals surface area contributed by atoms with E-state index in [1.165, 1.54) is 0 Å². The Balaban J connectivity index is 2.42. The Morgan fingerprint density at radius 1 is 1.03 bits per heavy atom. The van der Waals surface area contributed by atoms with Crippen LogP contribution in [0.25, 0.3) is 0 Å². The SMILES string of the molecule is NNC(=O)C1CCCOC(c2ccccc2)(C(CCCCCCC(=O)O)CC(CC(=O)O)C(=O)O)C1. The molecule has 10 heteroatoms. The molecular weight excluding hydrogens is 468 g/mol. The number of benzene rings is 1. The molecule has 1 aromatic rings. The van der Waals surface area contributed by atoms with Crippen molar-refractivity contribution in [2.24, 2.45) is 23.6 Å². The van der Waals surface area contributed by atoms with Crippen LogP contribution in [0.15, 0.2) is 30.3 Å². The number of ether oxygens (including phenoxy) is 1. The van der Waals surface area contributed by atoms with Gasteiger partial charge < -0.3 is 20.1 Å². The second-order valence-corrected chi connectivity index (χ2v) is 9.57. The molecule has 1 aliphatic heterocycles. The van der Waals surface area contributed by atoms with E-state index in [2.05, 4.69) is 5.43 Å². The van der Waals surface area contributed by atoms with E-state index in [0.717, 1.165) is 12.0 Å². The highest BCUT2D eigenvalue weighted by molar-refractivity contribution is 5.78. The van der Waals surface area contributed by atoms with E-state index in [0.29, 0.717) is 51.6 Å². The molecule has 0 saturated carbocycles. The Morgan fingerprint density at radius 3 is 2.33 bits per heavy atom. The number of nitrogens with one attached hydrogen (secondary N) is 1. The van der Waals surface area contributed by atoms with Crippen molar-refractivity contribution in [3.63, 3.8) is 0 Å². The lowest BCUT2D eigenvalue weighted by atomic mass is 9.69. The highest BCUT2D eigenvalue weighted by Crippen LogP contribution is 2.47. The van der Waals surface area contributed by atoms with Gasteiger partial charge in [0.1, 0.15) is 0 Å². The number of hydrogen-bond donors (Lipinski definition) is 5. The molecule has 0 radical (unpaired) electrons. The summed E-state index contributed by atoms with van der Waals surface area (Å²) in [5, 5.41) is 28.0. The number of unbranched alkanes of at least 4 members (excludes halogenated alkanes) is 3. The molecule has 1 aromatic carbocycles. The van der Waals surface area contributed by atoms with Gasteiger partial charge in [0.15, 0.2) is 0 Å². The Morgan fingerprint density at radius 2 is 1.72 bits per heavy atom. The van der Waals surface area contributed by atoms with E-state index < -0.39 is 41.8 Å². The molecule has 10 nitrogen and oxygen atoms in total. The van der Waals surface area contributed by atoms with Crippen molar-refractivity contribution in [1.29, 1.82) is 0 Å². The summed E-state index contributed by atoms with van der Waals surface area (Å²) in [5.41, 5.74) is 2.06. The summed E-state index contributed by atoms with van der Waals surface area (Å²) in [5.74, 6) is -0.0173. The number of rotatable bonds is 15.